The van der Waals surface area contributed by atoms with Crippen molar-refractivity contribution in [2.75, 3.05) is 0 Å². The van der Waals surface area contributed by atoms with Gasteiger partial charge in [-0.15, -0.1) is 0 Å². The number of fused-ring (bicyclic) bond motifs is 1. The SMILES string of the molecule is CCCn1c(-c2ccc(Cl)nc2)nc2ccccc21. The van der Waals surface area contributed by atoms with Crippen LogP contribution >= 0.6 is 11.6 Å². The zero-order chi connectivity index (χ0) is 13.2. The van der Waals surface area contributed by atoms with Gasteiger partial charge in [-0.3, -0.25) is 0 Å². The van der Waals surface area contributed by atoms with E-state index in [1.54, 1.807) is 12.3 Å². The van der Waals surface area contributed by atoms with Crippen molar-refractivity contribution in [2.45, 2.75) is 19.9 Å². The molecule has 1 aromatic carbocycles. The van der Waals surface area contributed by atoms with E-state index in [4.69, 9.17) is 16.6 Å². The minimum Gasteiger partial charge on any atom is -0.324 e. The molecule has 0 aliphatic carbocycles. The average molecular weight is 272 g/mol. The Bertz CT molecular complexity index is 701. The Labute approximate surface area is 116 Å². The Morgan fingerprint density at radius 1 is 1.16 bits per heavy atom. The second kappa shape index (κ2) is 5.02. The highest BCUT2D eigenvalue weighted by Crippen LogP contribution is 2.25. The molecule has 0 aliphatic rings. The first-order valence-electron chi connectivity index (χ1n) is 6.37. The summed E-state index contributed by atoms with van der Waals surface area (Å²) in [6.07, 6.45) is 2.84. The lowest BCUT2D eigenvalue weighted by molar-refractivity contribution is 0.704. The number of aromatic nitrogens is 3. The summed E-state index contributed by atoms with van der Waals surface area (Å²) in [5.74, 6) is 0.951. The molecule has 3 nitrogen and oxygen atoms in total. The van der Waals surface area contributed by atoms with Crippen LogP contribution in [0.3, 0.4) is 0 Å². The number of para-hydroxylation sites is 2. The fraction of sp³-hybridized carbons (Fsp3) is 0.200. The van der Waals surface area contributed by atoms with E-state index >= 15 is 0 Å². The van der Waals surface area contributed by atoms with Crippen LogP contribution in [-0.2, 0) is 6.54 Å². The van der Waals surface area contributed by atoms with Crippen LogP contribution in [0.5, 0.6) is 0 Å². The molecule has 19 heavy (non-hydrogen) atoms. The molecule has 0 radical (unpaired) electrons. The van der Waals surface area contributed by atoms with E-state index in [0.29, 0.717) is 5.15 Å². The van der Waals surface area contributed by atoms with Crippen molar-refractivity contribution >= 4 is 22.6 Å². The van der Waals surface area contributed by atoms with Crippen molar-refractivity contribution < 1.29 is 0 Å². The Morgan fingerprint density at radius 3 is 2.74 bits per heavy atom. The van der Waals surface area contributed by atoms with Crippen LogP contribution < -0.4 is 0 Å². The lowest BCUT2D eigenvalue weighted by atomic mass is 10.2. The number of pyridine rings is 1. The number of hydrogen-bond acceptors (Lipinski definition) is 2. The molecule has 0 atom stereocenters. The number of rotatable bonds is 3. The minimum atomic E-state index is 0.502. The zero-order valence-electron chi connectivity index (χ0n) is 10.7. The Kier molecular flexibility index (Phi) is 3.22. The third kappa shape index (κ3) is 2.22. The molecule has 0 aliphatic heterocycles. The molecular formula is C15H14ClN3. The summed E-state index contributed by atoms with van der Waals surface area (Å²) in [7, 11) is 0. The predicted octanol–water partition coefficient (Wildman–Crippen LogP) is 4.16. The van der Waals surface area contributed by atoms with E-state index in [2.05, 4.69) is 22.5 Å². The summed E-state index contributed by atoms with van der Waals surface area (Å²) in [6, 6.07) is 11.9. The van der Waals surface area contributed by atoms with E-state index in [-0.39, 0.29) is 0 Å². The van der Waals surface area contributed by atoms with Crippen molar-refractivity contribution in [1.29, 1.82) is 0 Å². The topological polar surface area (TPSA) is 30.7 Å². The molecule has 0 spiro atoms. The molecule has 3 rings (SSSR count). The van der Waals surface area contributed by atoms with Gasteiger partial charge in [0.15, 0.2) is 0 Å². The molecule has 0 amide bonds. The van der Waals surface area contributed by atoms with Crippen LogP contribution in [0.2, 0.25) is 5.15 Å². The van der Waals surface area contributed by atoms with Gasteiger partial charge in [0.1, 0.15) is 11.0 Å². The van der Waals surface area contributed by atoms with Crippen LogP contribution in [0.25, 0.3) is 22.4 Å². The molecule has 0 saturated carbocycles. The first-order valence-corrected chi connectivity index (χ1v) is 6.74. The van der Waals surface area contributed by atoms with E-state index in [9.17, 15) is 0 Å². The maximum atomic E-state index is 5.84. The Morgan fingerprint density at radius 2 is 2.00 bits per heavy atom. The standard InChI is InChI=1S/C15H14ClN3/c1-2-9-19-13-6-4-3-5-12(13)18-15(19)11-7-8-14(16)17-10-11/h3-8,10H,2,9H2,1H3. The van der Waals surface area contributed by atoms with Gasteiger partial charge in [0.25, 0.3) is 0 Å². The molecule has 2 heterocycles. The molecule has 3 aromatic rings. The molecule has 0 N–H and O–H groups in total. The van der Waals surface area contributed by atoms with E-state index in [1.807, 2.05) is 24.3 Å². The predicted molar refractivity (Wildman–Crippen MR) is 78.3 cm³/mol. The van der Waals surface area contributed by atoms with E-state index in [1.165, 1.54) is 0 Å². The molecule has 0 bridgehead atoms. The summed E-state index contributed by atoms with van der Waals surface area (Å²) in [5, 5.41) is 0.502. The van der Waals surface area contributed by atoms with Gasteiger partial charge in [0.2, 0.25) is 0 Å². The van der Waals surface area contributed by atoms with Gasteiger partial charge in [0, 0.05) is 18.3 Å². The van der Waals surface area contributed by atoms with Gasteiger partial charge in [0.05, 0.1) is 11.0 Å². The maximum Gasteiger partial charge on any atom is 0.142 e. The normalized spacial score (nSPS) is 11.1. The zero-order valence-corrected chi connectivity index (χ0v) is 11.4. The van der Waals surface area contributed by atoms with Gasteiger partial charge in [-0.25, -0.2) is 9.97 Å². The first kappa shape index (κ1) is 12.2. The van der Waals surface area contributed by atoms with Crippen molar-refractivity contribution in [3.05, 3.63) is 47.7 Å². The molecular weight excluding hydrogens is 258 g/mol. The number of hydrogen-bond donors (Lipinski definition) is 0. The number of nitrogens with zero attached hydrogens (tertiary/aromatic N) is 3. The summed E-state index contributed by atoms with van der Waals surface area (Å²) < 4.78 is 2.24. The van der Waals surface area contributed by atoms with Crippen LogP contribution in [-0.4, -0.2) is 14.5 Å². The summed E-state index contributed by atoms with van der Waals surface area (Å²) in [4.78, 5) is 8.85. The number of aryl methyl sites for hydroxylation is 1. The largest absolute Gasteiger partial charge is 0.324 e. The monoisotopic (exact) mass is 271 g/mol. The Hall–Kier alpha value is -1.87. The summed E-state index contributed by atoms with van der Waals surface area (Å²) >= 11 is 5.84. The maximum absolute atomic E-state index is 5.84. The van der Waals surface area contributed by atoms with Gasteiger partial charge in [-0.2, -0.15) is 0 Å². The molecule has 2 aromatic heterocycles. The highest BCUT2D eigenvalue weighted by atomic mass is 35.5. The molecule has 96 valence electrons. The highest BCUT2D eigenvalue weighted by molar-refractivity contribution is 6.29. The van der Waals surface area contributed by atoms with Gasteiger partial charge < -0.3 is 4.57 Å². The molecule has 4 heteroatoms. The van der Waals surface area contributed by atoms with Crippen molar-refractivity contribution in [2.24, 2.45) is 0 Å². The summed E-state index contributed by atoms with van der Waals surface area (Å²) in [6.45, 7) is 3.11. The lowest BCUT2D eigenvalue weighted by Gasteiger charge is -2.07. The highest BCUT2D eigenvalue weighted by Gasteiger charge is 2.11. The number of imidazole rings is 1. The smallest absolute Gasteiger partial charge is 0.142 e. The second-order valence-electron chi connectivity index (χ2n) is 4.45. The number of benzene rings is 1. The van der Waals surface area contributed by atoms with E-state index in [0.717, 1.165) is 35.4 Å². The first-order chi connectivity index (χ1) is 9.29. The fourth-order valence-electron chi connectivity index (χ4n) is 2.25. The van der Waals surface area contributed by atoms with E-state index < -0.39 is 0 Å². The third-order valence-corrected chi connectivity index (χ3v) is 3.31. The molecule has 0 saturated heterocycles. The fourth-order valence-corrected chi connectivity index (χ4v) is 2.37. The quantitative estimate of drug-likeness (QED) is 0.670. The van der Waals surface area contributed by atoms with Crippen molar-refractivity contribution in [3.63, 3.8) is 0 Å². The van der Waals surface area contributed by atoms with Crippen molar-refractivity contribution in [3.8, 4) is 11.4 Å². The van der Waals surface area contributed by atoms with Gasteiger partial charge in [-0.1, -0.05) is 30.7 Å². The Balaban J connectivity index is 2.21. The van der Waals surface area contributed by atoms with Crippen LogP contribution in [0.15, 0.2) is 42.6 Å². The van der Waals surface area contributed by atoms with Crippen LogP contribution in [0.4, 0.5) is 0 Å². The lowest BCUT2D eigenvalue weighted by Crippen LogP contribution is -1.99. The summed E-state index contributed by atoms with van der Waals surface area (Å²) in [5.41, 5.74) is 3.17. The van der Waals surface area contributed by atoms with Crippen LogP contribution in [0.1, 0.15) is 13.3 Å². The number of halogens is 1. The minimum absolute atomic E-state index is 0.502. The van der Waals surface area contributed by atoms with Gasteiger partial charge >= 0.3 is 0 Å². The molecule has 0 fully saturated rings. The average Bonchev–Trinajstić information content (AvgIpc) is 2.79. The van der Waals surface area contributed by atoms with Crippen molar-refractivity contribution in [1.82, 2.24) is 14.5 Å². The van der Waals surface area contributed by atoms with Crippen LogP contribution in [0, 0.1) is 0 Å². The second-order valence-corrected chi connectivity index (χ2v) is 4.83. The van der Waals surface area contributed by atoms with Gasteiger partial charge in [-0.05, 0) is 30.7 Å². The molecule has 0 unspecified atom stereocenters. The third-order valence-electron chi connectivity index (χ3n) is 3.09.